The van der Waals surface area contributed by atoms with Crippen LogP contribution in [-0.4, -0.2) is 0 Å². The first-order valence-electron chi connectivity index (χ1n) is 5.28. The van der Waals surface area contributed by atoms with Gasteiger partial charge in [0.15, 0.2) is 5.43 Å². The molecule has 3 aromatic rings. The fourth-order valence-electron chi connectivity index (χ4n) is 1.94. The number of hydrogen-bond acceptors (Lipinski definition) is 2. The standard InChI is InChI=1S/C14H9BrOS/c1-8-2-4-12-10(6-8)14(16)11-7-9(15)3-5-13(11)17-12/h2-7H,1H3. The van der Waals surface area contributed by atoms with Crippen molar-refractivity contribution in [2.24, 2.45) is 0 Å². The number of rotatable bonds is 0. The number of aryl methyl sites for hydroxylation is 1. The van der Waals surface area contributed by atoms with E-state index in [1.807, 2.05) is 43.3 Å². The van der Waals surface area contributed by atoms with Crippen LogP contribution in [0.4, 0.5) is 0 Å². The van der Waals surface area contributed by atoms with Gasteiger partial charge < -0.3 is 0 Å². The predicted molar refractivity (Wildman–Crippen MR) is 78.0 cm³/mol. The molecule has 0 atom stereocenters. The summed E-state index contributed by atoms with van der Waals surface area (Å²) in [5.41, 5.74) is 1.25. The maximum absolute atomic E-state index is 12.4. The molecular formula is C14H9BrOS. The maximum Gasteiger partial charge on any atom is 0.195 e. The van der Waals surface area contributed by atoms with Crippen molar-refractivity contribution in [1.82, 2.24) is 0 Å². The Labute approximate surface area is 111 Å². The predicted octanol–water partition coefficient (Wildman–Crippen LogP) is 4.49. The van der Waals surface area contributed by atoms with Gasteiger partial charge in [-0.05, 0) is 37.3 Å². The minimum Gasteiger partial charge on any atom is -0.289 e. The molecule has 0 saturated carbocycles. The Morgan fingerprint density at radius 3 is 2.41 bits per heavy atom. The van der Waals surface area contributed by atoms with Gasteiger partial charge >= 0.3 is 0 Å². The second kappa shape index (κ2) is 3.93. The van der Waals surface area contributed by atoms with E-state index in [2.05, 4.69) is 15.9 Å². The van der Waals surface area contributed by atoms with Crippen molar-refractivity contribution in [2.75, 3.05) is 0 Å². The van der Waals surface area contributed by atoms with Crippen molar-refractivity contribution in [3.8, 4) is 0 Å². The van der Waals surface area contributed by atoms with Crippen molar-refractivity contribution in [3.63, 3.8) is 0 Å². The molecule has 1 aromatic heterocycles. The summed E-state index contributed by atoms with van der Waals surface area (Å²) in [6.45, 7) is 2.01. The van der Waals surface area contributed by atoms with Gasteiger partial charge in [-0.2, -0.15) is 0 Å². The van der Waals surface area contributed by atoms with Crippen molar-refractivity contribution >= 4 is 47.4 Å². The Morgan fingerprint density at radius 1 is 1.00 bits per heavy atom. The molecular weight excluding hydrogens is 296 g/mol. The Hall–Kier alpha value is -1.19. The summed E-state index contributed by atoms with van der Waals surface area (Å²) < 4.78 is 3.03. The molecule has 0 unspecified atom stereocenters. The van der Waals surface area contributed by atoms with Crippen molar-refractivity contribution in [2.45, 2.75) is 6.92 Å². The van der Waals surface area contributed by atoms with E-state index >= 15 is 0 Å². The van der Waals surface area contributed by atoms with Crippen LogP contribution in [0.5, 0.6) is 0 Å². The van der Waals surface area contributed by atoms with Crippen LogP contribution < -0.4 is 5.43 Å². The highest BCUT2D eigenvalue weighted by molar-refractivity contribution is 9.10. The highest BCUT2D eigenvalue weighted by atomic mass is 79.9. The Morgan fingerprint density at radius 2 is 1.65 bits per heavy atom. The number of hydrogen-bond donors (Lipinski definition) is 0. The van der Waals surface area contributed by atoms with E-state index in [4.69, 9.17) is 0 Å². The largest absolute Gasteiger partial charge is 0.289 e. The van der Waals surface area contributed by atoms with Crippen LogP contribution in [0.15, 0.2) is 45.7 Å². The molecule has 3 heteroatoms. The summed E-state index contributed by atoms with van der Waals surface area (Å²) >= 11 is 5.07. The molecule has 0 spiro atoms. The number of fused-ring (bicyclic) bond motifs is 2. The van der Waals surface area contributed by atoms with Crippen LogP contribution in [-0.2, 0) is 0 Å². The number of halogens is 1. The highest BCUT2D eigenvalue weighted by Crippen LogP contribution is 2.27. The van der Waals surface area contributed by atoms with Crippen LogP contribution in [0.1, 0.15) is 5.56 Å². The minimum atomic E-state index is 0.124. The first-order valence-corrected chi connectivity index (χ1v) is 6.89. The molecule has 1 nitrogen and oxygen atoms in total. The highest BCUT2D eigenvalue weighted by Gasteiger charge is 2.06. The normalized spacial score (nSPS) is 11.2. The monoisotopic (exact) mass is 304 g/mol. The second-order valence-corrected chi connectivity index (χ2v) is 6.07. The van der Waals surface area contributed by atoms with Gasteiger partial charge in [-0.25, -0.2) is 0 Å². The lowest BCUT2D eigenvalue weighted by Crippen LogP contribution is -2.00. The third-order valence-corrected chi connectivity index (χ3v) is 4.43. The van der Waals surface area contributed by atoms with Crippen LogP contribution >= 0.6 is 27.3 Å². The zero-order valence-corrected chi connectivity index (χ0v) is 11.6. The van der Waals surface area contributed by atoms with Gasteiger partial charge in [0.2, 0.25) is 0 Å². The Balaban J connectivity index is 2.58. The van der Waals surface area contributed by atoms with Crippen LogP contribution in [0.25, 0.3) is 20.2 Å². The molecule has 0 bridgehead atoms. The quantitative estimate of drug-likeness (QED) is 0.559. The van der Waals surface area contributed by atoms with Crippen LogP contribution in [0, 0.1) is 6.92 Å². The summed E-state index contributed by atoms with van der Waals surface area (Å²) in [5, 5.41) is 1.61. The average Bonchev–Trinajstić information content (AvgIpc) is 2.32. The molecule has 0 aliphatic rings. The summed E-state index contributed by atoms with van der Waals surface area (Å²) in [5.74, 6) is 0. The molecule has 0 amide bonds. The fraction of sp³-hybridized carbons (Fsp3) is 0.0714. The lowest BCUT2D eigenvalue weighted by atomic mass is 10.1. The van der Waals surface area contributed by atoms with Gasteiger partial charge in [-0.3, -0.25) is 4.79 Å². The van der Waals surface area contributed by atoms with E-state index < -0.39 is 0 Å². The molecule has 1 heterocycles. The van der Waals surface area contributed by atoms with Gasteiger partial charge in [0, 0.05) is 24.6 Å². The van der Waals surface area contributed by atoms with Crippen LogP contribution in [0.3, 0.4) is 0 Å². The lowest BCUT2D eigenvalue weighted by Gasteiger charge is -2.02. The smallest absolute Gasteiger partial charge is 0.195 e. The van der Waals surface area contributed by atoms with Crippen molar-refractivity contribution < 1.29 is 0 Å². The molecule has 0 N–H and O–H groups in total. The molecule has 3 rings (SSSR count). The Kier molecular flexibility index (Phi) is 2.53. The van der Waals surface area contributed by atoms with Crippen molar-refractivity contribution in [1.29, 1.82) is 0 Å². The molecule has 0 aliphatic carbocycles. The second-order valence-electron chi connectivity index (χ2n) is 4.07. The fourth-order valence-corrected chi connectivity index (χ4v) is 3.34. The molecule has 2 aromatic carbocycles. The van der Waals surface area contributed by atoms with Gasteiger partial charge in [0.1, 0.15) is 0 Å². The van der Waals surface area contributed by atoms with Gasteiger partial charge in [-0.1, -0.05) is 27.6 Å². The topological polar surface area (TPSA) is 17.1 Å². The van der Waals surface area contributed by atoms with E-state index in [1.165, 1.54) is 0 Å². The summed E-state index contributed by atoms with van der Waals surface area (Å²) in [6.07, 6.45) is 0. The average molecular weight is 305 g/mol. The van der Waals surface area contributed by atoms with Gasteiger partial charge in [0.05, 0.1) is 0 Å². The number of benzene rings is 2. The summed E-state index contributed by atoms with van der Waals surface area (Å²) in [4.78, 5) is 12.4. The first kappa shape index (κ1) is 10.9. The summed E-state index contributed by atoms with van der Waals surface area (Å²) in [7, 11) is 0. The molecule has 84 valence electrons. The summed E-state index contributed by atoms with van der Waals surface area (Å²) in [6, 6.07) is 11.9. The van der Waals surface area contributed by atoms with E-state index in [0.29, 0.717) is 0 Å². The molecule has 17 heavy (non-hydrogen) atoms. The third-order valence-electron chi connectivity index (χ3n) is 2.79. The lowest BCUT2D eigenvalue weighted by molar-refractivity contribution is 1.51. The molecule has 0 fully saturated rings. The Bertz CT molecular complexity index is 726. The molecule has 0 saturated heterocycles. The zero-order valence-electron chi connectivity index (χ0n) is 9.16. The third kappa shape index (κ3) is 1.79. The zero-order chi connectivity index (χ0) is 12.0. The maximum atomic E-state index is 12.4. The first-order chi connectivity index (χ1) is 8.15. The van der Waals surface area contributed by atoms with E-state index in [1.54, 1.807) is 11.3 Å². The van der Waals surface area contributed by atoms with E-state index in [-0.39, 0.29) is 5.43 Å². The molecule has 0 radical (unpaired) electrons. The van der Waals surface area contributed by atoms with Crippen molar-refractivity contribution in [3.05, 3.63) is 56.7 Å². The SMILES string of the molecule is Cc1ccc2sc3ccc(Br)cc3c(=O)c2c1. The van der Waals surface area contributed by atoms with Crippen LogP contribution in [0.2, 0.25) is 0 Å². The molecule has 0 aliphatic heterocycles. The van der Waals surface area contributed by atoms with E-state index in [0.717, 1.165) is 30.2 Å². The minimum absolute atomic E-state index is 0.124. The van der Waals surface area contributed by atoms with Gasteiger partial charge in [0.25, 0.3) is 0 Å². The van der Waals surface area contributed by atoms with E-state index in [9.17, 15) is 4.79 Å². The van der Waals surface area contributed by atoms with Gasteiger partial charge in [-0.15, -0.1) is 11.3 Å².